The fourth-order valence-corrected chi connectivity index (χ4v) is 4.79. The summed E-state index contributed by atoms with van der Waals surface area (Å²) in [6.45, 7) is 4.70. The highest BCUT2D eigenvalue weighted by molar-refractivity contribution is 5.92. The van der Waals surface area contributed by atoms with Crippen molar-refractivity contribution < 1.29 is 28.6 Å². The summed E-state index contributed by atoms with van der Waals surface area (Å²) in [6.07, 6.45) is 0.0681. The van der Waals surface area contributed by atoms with E-state index in [2.05, 4.69) is 0 Å². The van der Waals surface area contributed by atoms with Gasteiger partial charge in [0.15, 0.2) is 6.04 Å². The van der Waals surface area contributed by atoms with Crippen LogP contribution in [-0.2, 0) is 40.8 Å². The molecule has 9 nitrogen and oxygen atoms in total. The van der Waals surface area contributed by atoms with Crippen LogP contribution in [0.1, 0.15) is 49.9 Å². The molecule has 0 radical (unpaired) electrons. The lowest BCUT2D eigenvalue weighted by Gasteiger charge is -2.36. The van der Waals surface area contributed by atoms with Crippen LogP contribution in [0.5, 0.6) is 0 Å². The summed E-state index contributed by atoms with van der Waals surface area (Å²) in [6, 6.07) is 9.80. The Labute approximate surface area is 200 Å². The lowest BCUT2D eigenvalue weighted by atomic mass is 9.85. The van der Waals surface area contributed by atoms with Gasteiger partial charge < -0.3 is 14.2 Å². The highest BCUT2D eigenvalue weighted by Gasteiger charge is 2.51. The second kappa shape index (κ2) is 8.04. The van der Waals surface area contributed by atoms with Crippen molar-refractivity contribution >= 4 is 28.8 Å². The molecule has 0 amide bonds. The number of methoxy groups -OCH3 is 1. The fraction of sp³-hybridized carbons (Fsp3) is 0.346. The summed E-state index contributed by atoms with van der Waals surface area (Å²) >= 11 is 0. The van der Waals surface area contributed by atoms with Crippen LogP contribution in [0.15, 0.2) is 41.2 Å². The van der Waals surface area contributed by atoms with Crippen LogP contribution in [-0.4, -0.2) is 34.6 Å². The number of ether oxygens (including phenoxy) is 3. The summed E-state index contributed by atoms with van der Waals surface area (Å²) in [7, 11) is 1.26. The monoisotopic (exact) mass is 476 g/mol. The number of esters is 3. The number of fused-ring (bicyclic) bond motifs is 5. The molecule has 0 spiro atoms. The molecule has 2 aromatic heterocycles. The van der Waals surface area contributed by atoms with Gasteiger partial charge in [0.1, 0.15) is 6.61 Å². The van der Waals surface area contributed by atoms with E-state index in [4.69, 9.17) is 19.2 Å². The van der Waals surface area contributed by atoms with E-state index in [9.17, 15) is 19.2 Å². The van der Waals surface area contributed by atoms with Crippen LogP contribution in [0.25, 0.3) is 22.3 Å². The van der Waals surface area contributed by atoms with Gasteiger partial charge in [-0.3, -0.25) is 14.2 Å². The number of cyclic esters (lactones) is 1. The zero-order valence-electron chi connectivity index (χ0n) is 19.8. The number of carbonyl (C=O) groups is 3. The first-order valence-electron chi connectivity index (χ1n) is 11.4. The first kappa shape index (κ1) is 22.8. The Kier molecular flexibility index (Phi) is 5.23. The van der Waals surface area contributed by atoms with Crippen molar-refractivity contribution in [3.05, 3.63) is 63.4 Å². The highest BCUT2D eigenvalue weighted by atomic mass is 16.6. The first-order chi connectivity index (χ1) is 16.7. The quantitative estimate of drug-likeness (QED) is 0.417. The number of hydrogen-bond acceptors (Lipinski definition) is 8. The molecular weight excluding hydrogens is 452 g/mol. The van der Waals surface area contributed by atoms with Crippen LogP contribution in [0.3, 0.4) is 0 Å². The van der Waals surface area contributed by atoms with Crippen molar-refractivity contribution in [1.29, 1.82) is 0 Å². The molecule has 5 rings (SSSR count). The number of carbonyl (C=O) groups excluding carboxylic acids is 3. The average Bonchev–Trinajstić information content (AvgIpc) is 3.17. The van der Waals surface area contributed by atoms with Crippen molar-refractivity contribution in [2.24, 2.45) is 5.92 Å². The van der Waals surface area contributed by atoms with Gasteiger partial charge in [-0.05, 0) is 24.6 Å². The second-order valence-corrected chi connectivity index (χ2v) is 8.97. The van der Waals surface area contributed by atoms with E-state index in [1.54, 1.807) is 26.8 Å². The number of para-hydroxylation sites is 1. The van der Waals surface area contributed by atoms with E-state index >= 15 is 0 Å². The van der Waals surface area contributed by atoms with Gasteiger partial charge >= 0.3 is 17.9 Å². The molecule has 2 unspecified atom stereocenters. The maximum Gasteiger partial charge on any atom is 0.355 e. The molecule has 1 aromatic carbocycles. The molecule has 0 aliphatic carbocycles. The van der Waals surface area contributed by atoms with E-state index in [-0.39, 0.29) is 24.2 Å². The molecule has 180 valence electrons. The maximum absolute atomic E-state index is 13.8. The molecule has 4 heterocycles. The summed E-state index contributed by atoms with van der Waals surface area (Å²) in [5.74, 6) is -2.44. The minimum absolute atomic E-state index is 0.0681. The Morgan fingerprint density at radius 3 is 2.66 bits per heavy atom. The molecule has 0 N–H and O–H groups in total. The number of benzene rings is 1. The number of aromatic nitrogens is 2. The Balaban J connectivity index is 1.83. The van der Waals surface area contributed by atoms with Crippen LogP contribution in [0.4, 0.5) is 0 Å². The molecule has 2 aliphatic rings. The highest BCUT2D eigenvalue weighted by Crippen LogP contribution is 2.44. The number of pyridine rings is 2. The van der Waals surface area contributed by atoms with Crippen LogP contribution >= 0.6 is 0 Å². The van der Waals surface area contributed by atoms with Crippen LogP contribution in [0.2, 0.25) is 0 Å². The molecule has 0 saturated carbocycles. The topological polar surface area (TPSA) is 114 Å². The van der Waals surface area contributed by atoms with Gasteiger partial charge in [-0.15, -0.1) is 0 Å². The molecule has 3 aromatic rings. The Morgan fingerprint density at radius 1 is 1.23 bits per heavy atom. The Hall–Kier alpha value is -4.01. The third kappa shape index (κ3) is 3.18. The van der Waals surface area contributed by atoms with E-state index in [0.29, 0.717) is 22.5 Å². The molecule has 0 fully saturated rings. The van der Waals surface area contributed by atoms with Crippen molar-refractivity contribution in [1.82, 2.24) is 9.55 Å². The largest absolute Gasteiger partial charge is 0.467 e. The van der Waals surface area contributed by atoms with Gasteiger partial charge in [-0.2, -0.15) is 0 Å². The maximum atomic E-state index is 13.8. The van der Waals surface area contributed by atoms with E-state index in [1.165, 1.54) is 11.7 Å². The SMILES string of the molecule is CCC1(OC(=O)C(C)C)C(=O)OCc2c1cc1n(c2=O)C(C(=O)OC)c2cc3ccccc3nc2-1. The normalized spacial score (nSPS) is 20.1. The second-order valence-electron chi connectivity index (χ2n) is 8.97. The molecule has 9 heteroatoms. The first-order valence-corrected chi connectivity index (χ1v) is 11.4. The van der Waals surface area contributed by atoms with Gasteiger partial charge in [0.2, 0.25) is 5.60 Å². The van der Waals surface area contributed by atoms with Gasteiger partial charge in [0, 0.05) is 16.5 Å². The van der Waals surface area contributed by atoms with Crippen LogP contribution < -0.4 is 5.56 Å². The molecule has 0 saturated heterocycles. The number of hydrogen-bond donors (Lipinski definition) is 0. The zero-order valence-corrected chi connectivity index (χ0v) is 19.8. The van der Waals surface area contributed by atoms with Crippen molar-refractivity contribution in [3.63, 3.8) is 0 Å². The average molecular weight is 476 g/mol. The van der Waals surface area contributed by atoms with Crippen molar-refractivity contribution in [3.8, 4) is 11.4 Å². The molecular formula is C26H24N2O7. The van der Waals surface area contributed by atoms with Gasteiger partial charge in [0.05, 0.1) is 35.5 Å². The summed E-state index contributed by atoms with van der Waals surface area (Å²) in [5.41, 5.74) is 0.0803. The third-order valence-corrected chi connectivity index (χ3v) is 6.67. The minimum Gasteiger partial charge on any atom is -0.467 e. The van der Waals surface area contributed by atoms with E-state index in [1.807, 2.05) is 30.3 Å². The fourth-order valence-electron chi connectivity index (χ4n) is 4.79. The lowest BCUT2D eigenvalue weighted by molar-refractivity contribution is -0.191. The van der Waals surface area contributed by atoms with Gasteiger partial charge in [0.25, 0.3) is 5.56 Å². The van der Waals surface area contributed by atoms with Gasteiger partial charge in [-0.1, -0.05) is 39.0 Å². The summed E-state index contributed by atoms with van der Waals surface area (Å²) in [4.78, 5) is 57.1. The standard InChI is InChI=1S/C26H24N2O7/c1-5-26(35-23(30)13(2)3)17-11-19-20-15(10-14-8-6-7-9-18(14)27-20)21(24(31)33-4)28(19)22(29)16(17)12-34-25(26)32/h6-11,13,21H,5,12H2,1-4H3. The van der Waals surface area contributed by atoms with Crippen LogP contribution in [0, 0.1) is 5.92 Å². The Morgan fingerprint density at radius 2 is 1.97 bits per heavy atom. The predicted molar refractivity (Wildman–Crippen MR) is 124 cm³/mol. The number of rotatable bonds is 4. The zero-order chi connectivity index (χ0) is 25.1. The lowest BCUT2D eigenvalue weighted by Crippen LogP contribution is -2.48. The minimum atomic E-state index is -1.77. The van der Waals surface area contributed by atoms with Crippen molar-refractivity contribution in [2.45, 2.75) is 45.4 Å². The molecule has 35 heavy (non-hydrogen) atoms. The van der Waals surface area contributed by atoms with Gasteiger partial charge in [-0.25, -0.2) is 14.6 Å². The molecule has 0 bridgehead atoms. The Bertz CT molecular complexity index is 1470. The summed E-state index contributed by atoms with van der Waals surface area (Å²) in [5, 5.41) is 0.804. The summed E-state index contributed by atoms with van der Waals surface area (Å²) < 4.78 is 17.4. The smallest absolute Gasteiger partial charge is 0.355 e. The molecule has 2 aliphatic heterocycles. The molecule has 2 atom stereocenters. The third-order valence-electron chi connectivity index (χ3n) is 6.67. The van der Waals surface area contributed by atoms with E-state index < -0.39 is 41.0 Å². The van der Waals surface area contributed by atoms with E-state index in [0.717, 1.165) is 5.39 Å². The van der Waals surface area contributed by atoms with Crippen molar-refractivity contribution in [2.75, 3.05) is 7.11 Å². The predicted octanol–water partition coefficient (Wildman–Crippen LogP) is 3.00. The number of nitrogens with zero attached hydrogens (tertiary/aromatic N) is 2.